The predicted molar refractivity (Wildman–Crippen MR) is 83.0 cm³/mol. The summed E-state index contributed by atoms with van der Waals surface area (Å²) in [5, 5.41) is 0. The van der Waals surface area contributed by atoms with Crippen LogP contribution in [0.2, 0.25) is 0 Å². The van der Waals surface area contributed by atoms with Crippen LogP contribution >= 0.6 is 11.8 Å². The summed E-state index contributed by atoms with van der Waals surface area (Å²) in [5.74, 6) is 5.50. The zero-order chi connectivity index (χ0) is 14.6. The average molecular weight is 310 g/mol. The molecule has 2 rings (SSSR count). The molecule has 3 N–H and O–H groups in total. The van der Waals surface area contributed by atoms with Gasteiger partial charge in [-0.3, -0.25) is 0 Å². The van der Waals surface area contributed by atoms with Crippen molar-refractivity contribution in [1.82, 2.24) is 4.72 Å². The minimum Gasteiger partial charge on any atom is -0.320 e. The molecule has 0 aromatic heterocycles. The third-order valence-corrected chi connectivity index (χ3v) is 6.20. The number of thioether (sulfide) groups is 1. The Morgan fingerprint density at radius 3 is 2.70 bits per heavy atom. The Hall–Kier alpha value is -1.00. The van der Waals surface area contributed by atoms with E-state index in [1.54, 1.807) is 36.0 Å². The molecular formula is C14H18N2O2S2. The fourth-order valence-electron chi connectivity index (χ4n) is 1.85. The molecule has 0 saturated heterocycles. The van der Waals surface area contributed by atoms with Gasteiger partial charge in [-0.15, -0.1) is 0 Å². The van der Waals surface area contributed by atoms with Crippen molar-refractivity contribution in [2.24, 2.45) is 5.73 Å². The van der Waals surface area contributed by atoms with Crippen molar-refractivity contribution in [2.75, 3.05) is 19.3 Å². The highest BCUT2D eigenvalue weighted by Gasteiger charge is 2.42. The number of benzene rings is 1. The Bertz CT molecular complexity index is 641. The number of hydrogen-bond donors (Lipinski definition) is 2. The molecule has 0 aliphatic heterocycles. The molecule has 0 heterocycles. The van der Waals surface area contributed by atoms with Crippen LogP contribution < -0.4 is 10.5 Å². The minimum atomic E-state index is -3.53. The van der Waals surface area contributed by atoms with Crippen LogP contribution in [0, 0.1) is 11.8 Å². The van der Waals surface area contributed by atoms with Crippen LogP contribution in [-0.4, -0.2) is 32.5 Å². The van der Waals surface area contributed by atoms with Crippen LogP contribution in [0.25, 0.3) is 0 Å². The van der Waals surface area contributed by atoms with E-state index >= 15 is 0 Å². The molecule has 0 atom stereocenters. The maximum absolute atomic E-state index is 12.4. The molecule has 6 heteroatoms. The average Bonchev–Trinajstić information content (AvgIpc) is 3.24. The van der Waals surface area contributed by atoms with Gasteiger partial charge in [-0.1, -0.05) is 24.0 Å². The monoisotopic (exact) mass is 310 g/mol. The summed E-state index contributed by atoms with van der Waals surface area (Å²) in [5.41, 5.74) is 5.82. The van der Waals surface area contributed by atoms with E-state index < -0.39 is 10.0 Å². The Labute approximate surface area is 124 Å². The Morgan fingerprint density at radius 2 is 2.10 bits per heavy atom. The quantitative estimate of drug-likeness (QED) is 0.801. The van der Waals surface area contributed by atoms with Crippen LogP contribution in [-0.2, 0) is 10.0 Å². The first-order valence-corrected chi connectivity index (χ1v) is 9.07. The molecule has 0 amide bonds. The summed E-state index contributed by atoms with van der Waals surface area (Å²) in [6, 6.07) is 6.73. The van der Waals surface area contributed by atoms with Crippen molar-refractivity contribution in [3.63, 3.8) is 0 Å². The van der Waals surface area contributed by atoms with Crippen molar-refractivity contribution in [3.8, 4) is 11.8 Å². The summed E-state index contributed by atoms with van der Waals surface area (Å²) in [7, 11) is -3.53. The molecule has 0 unspecified atom stereocenters. The largest absolute Gasteiger partial charge is 0.320 e. The number of nitrogens with two attached hydrogens (primary N) is 1. The van der Waals surface area contributed by atoms with Gasteiger partial charge in [0, 0.05) is 16.9 Å². The highest BCUT2D eigenvalue weighted by molar-refractivity contribution is 8.00. The SMILES string of the molecule is CSC1(CNS(=O)(=O)c2ccccc2C#CCN)CC1. The number of sulfonamides is 1. The lowest BCUT2D eigenvalue weighted by molar-refractivity contribution is 0.579. The Morgan fingerprint density at radius 1 is 1.40 bits per heavy atom. The first-order valence-electron chi connectivity index (χ1n) is 6.36. The summed E-state index contributed by atoms with van der Waals surface area (Å²) in [6.07, 6.45) is 4.14. The highest BCUT2D eigenvalue weighted by Crippen LogP contribution is 2.46. The second-order valence-corrected chi connectivity index (χ2v) is 7.72. The van der Waals surface area contributed by atoms with Crippen LogP contribution in [0.3, 0.4) is 0 Å². The molecular weight excluding hydrogens is 292 g/mol. The van der Waals surface area contributed by atoms with E-state index in [9.17, 15) is 8.42 Å². The van der Waals surface area contributed by atoms with Gasteiger partial charge in [0.15, 0.2) is 0 Å². The van der Waals surface area contributed by atoms with Gasteiger partial charge in [0.05, 0.1) is 11.4 Å². The Kier molecular flexibility index (Phi) is 4.76. The molecule has 1 aromatic rings. The van der Waals surface area contributed by atoms with Crippen molar-refractivity contribution in [1.29, 1.82) is 0 Å². The first kappa shape index (κ1) is 15.4. The van der Waals surface area contributed by atoms with Gasteiger partial charge in [0.2, 0.25) is 10.0 Å². The van der Waals surface area contributed by atoms with Gasteiger partial charge < -0.3 is 5.73 Å². The van der Waals surface area contributed by atoms with Crippen LogP contribution in [0.1, 0.15) is 18.4 Å². The van der Waals surface area contributed by atoms with Gasteiger partial charge in [0.25, 0.3) is 0 Å². The molecule has 0 radical (unpaired) electrons. The fraction of sp³-hybridized carbons (Fsp3) is 0.429. The van der Waals surface area contributed by atoms with Gasteiger partial charge in [-0.25, -0.2) is 13.1 Å². The molecule has 1 aromatic carbocycles. The van der Waals surface area contributed by atoms with E-state index in [-0.39, 0.29) is 16.2 Å². The van der Waals surface area contributed by atoms with E-state index in [1.165, 1.54) is 0 Å². The fourth-order valence-corrected chi connectivity index (χ4v) is 3.95. The van der Waals surface area contributed by atoms with E-state index in [1.807, 2.05) is 6.26 Å². The molecule has 0 spiro atoms. The molecule has 108 valence electrons. The van der Waals surface area contributed by atoms with Crippen molar-refractivity contribution in [2.45, 2.75) is 22.5 Å². The summed E-state index contributed by atoms with van der Waals surface area (Å²) >= 11 is 1.72. The van der Waals surface area contributed by atoms with E-state index in [2.05, 4.69) is 16.6 Å². The maximum Gasteiger partial charge on any atom is 0.241 e. The molecule has 1 fully saturated rings. The zero-order valence-electron chi connectivity index (χ0n) is 11.3. The van der Waals surface area contributed by atoms with Crippen LogP contribution in [0.4, 0.5) is 0 Å². The summed E-state index contributed by atoms with van der Waals surface area (Å²) in [4.78, 5) is 0.220. The van der Waals surface area contributed by atoms with Gasteiger partial charge >= 0.3 is 0 Å². The van der Waals surface area contributed by atoms with Gasteiger partial charge in [-0.05, 0) is 31.2 Å². The number of nitrogens with one attached hydrogen (secondary N) is 1. The molecule has 1 aliphatic rings. The molecule has 4 nitrogen and oxygen atoms in total. The van der Waals surface area contributed by atoms with Gasteiger partial charge in [-0.2, -0.15) is 11.8 Å². The van der Waals surface area contributed by atoms with Crippen LogP contribution in [0.5, 0.6) is 0 Å². The van der Waals surface area contributed by atoms with E-state index in [4.69, 9.17) is 5.73 Å². The topological polar surface area (TPSA) is 72.2 Å². The molecule has 1 aliphatic carbocycles. The van der Waals surface area contributed by atoms with Gasteiger partial charge in [0.1, 0.15) is 0 Å². The molecule has 0 bridgehead atoms. The molecule has 20 heavy (non-hydrogen) atoms. The van der Waals surface area contributed by atoms with Crippen LogP contribution in [0.15, 0.2) is 29.2 Å². The lowest BCUT2D eigenvalue weighted by Gasteiger charge is -2.14. The van der Waals surface area contributed by atoms with Crippen molar-refractivity contribution >= 4 is 21.8 Å². The van der Waals surface area contributed by atoms with Crippen molar-refractivity contribution in [3.05, 3.63) is 29.8 Å². The Balaban J connectivity index is 2.21. The third kappa shape index (κ3) is 3.55. The predicted octanol–water partition coefficient (Wildman–Crippen LogP) is 1.17. The highest BCUT2D eigenvalue weighted by atomic mass is 32.2. The summed E-state index contributed by atoms with van der Waals surface area (Å²) < 4.78 is 27.6. The second kappa shape index (κ2) is 6.19. The van der Waals surface area contributed by atoms with E-state index in [0.717, 1.165) is 12.8 Å². The standard InChI is InChI=1S/C14H18N2O2S2/c1-19-14(8-9-14)11-16-20(17,18)13-7-3-2-5-12(13)6-4-10-15/h2-3,5,7,16H,8-11,15H2,1H3. The second-order valence-electron chi connectivity index (χ2n) is 4.71. The van der Waals surface area contributed by atoms with Crippen molar-refractivity contribution < 1.29 is 8.42 Å². The lowest BCUT2D eigenvalue weighted by atomic mass is 10.2. The minimum absolute atomic E-state index is 0.0882. The number of rotatable bonds is 5. The smallest absolute Gasteiger partial charge is 0.241 e. The molecule has 1 saturated carbocycles. The normalized spacial score (nSPS) is 16.3. The maximum atomic E-state index is 12.4. The summed E-state index contributed by atoms with van der Waals surface area (Å²) in [6.45, 7) is 0.673. The zero-order valence-corrected chi connectivity index (χ0v) is 13.0. The van der Waals surface area contributed by atoms with E-state index in [0.29, 0.717) is 12.1 Å². The first-order chi connectivity index (χ1) is 9.53. The lowest BCUT2D eigenvalue weighted by Crippen LogP contribution is -2.32. The number of hydrogen-bond acceptors (Lipinski definition) is 4. The third-order valence-electron chi connectivity index (χ3n) is 3.33.